The summed E-state index contributed by atoms with van der Waals surface area (Å²) in [5.74, 6) is -0.950. The number of anilines is 1. The first-order valence-electron chi connectivity index (χ1n) is 5.98. The lowest BCUT2D eigenvalue weighted by atomic mass is 10.1. The summed E-state index contributed by atoms with van der Waals surface area (Å²) < 4.78 is 0. The summed E-state index contributed by atoms with van der Waals surface area (Å²) in [6, 6.07) is 2.42. The minimum absolute atomic E-state index is 0.0533. The molecule has 102 valence electrons. The summed E-state index contributed by atoms with van der Waals surface area (Å²) in [6.45, 7) is 2.84. The molecule has 0 radical (unpaired) electrons. The van der Waals surface area contributed by atoms with Crippen LogP contribution in [0.4, 0.5) is 5.82 Å². The monoisotopic (exact) mass is 283 g/mol. The van der Waals surface area contributed by atoms with Gasteiger partial charge in [0, 0.05) is 13.1 Å². The summed E-state index contributed by atoms with van der Waals surface area (Å²) in [5.41, 5.74) is 0.0533. The number of carboxylic acid groups (broad SMARTS) is 1. The first-order chi connectivity index (χ1) is 9.04. The lowest BCUT2D eigenvalue weighted by molar-refractivity contribution is -0.123. The average Bonchev–Trinajstić information content (AvgIpc) is 2.37. The van der Waals surface area contributed by atoms with Gasteiger partial charge in [-0.25, -0.2) is 9.78 Å². The lowest BCUT2D eigenvalue weighted by Gasteiger charge is -2.36. The average molecular weight is 284 g/mol. The Morgan fingerprint density at radius 3 is 3.00 bits per heavy atom. The third-order valence-corrected chi connectivity index (χ3v) is 3.27. The molecule has 1 aliphatic rings. The molecular weight excluding hydrogens is 270 g/mol. The normalized spacial score (nSPS) is 19.2. The van der Waals surface area contributed by atoms with Gasteiger partial charge >= 0.3 is 5.97 Å². The summed E-state index contributed by atoms with van der Waals surface area (Å²) in [4.78, 5) is 28.8. The van der Waals surface area contributed by atoms with E-state index in [1.807, 2.05) is 6.92 Å². The molecule has 1 saturated heterocycles. The van der Waals surface area contributed by atoms with Crippen LogP contribution in [0.5, 0.6) is 0 Å². The maximum atomic E-state index is 11.8. The lowest BCUT2D eigenvalue weighted by Crippen LogP contribution is -2.55. The van der Waals surface area contributed by atoms with Crippen molar-refractivity contribution in [3.05, 3.63) is 22.8 Å². The second-order valence-electron chi connectivity index (χ2n) is 4.22. The SMILES string of the molecule is CCC1C(=O)NCCN1c1nc(Cl)ccc1C(=O)O. The summed E-state index contributed by atoms with van der Waals surface area (Å²) in [6.07, 6.45) is 0.569. The third-order valence-electron chi connectivity index (χ3n) is 3.06. The third kappa shape index (κ3) is 2.63. The fourth-order valence-electron chi connectivity index (χ4n) is 2.19. The number of pyridine rings is 1. The highest BCUT2D eigenvalue weighted by molar-refractivity contribution is 6.29. The van der Waals surface area contributed by atoms with Crippen LogP contribution in [0.1, 0.15) is 23.7 Å². The quantitative estimate of drug-likeness (QED) is 0.813. The molecule has 1 amide bonds. The van der Waals surface area contributed by atoms with Crippen LogP contribution in [0.2, 0.25) is 5.15 Å². The molecule has 2 heterocycles. The second-order valence-corrected chi connectivity index (χ2v) is 4.61. The van der Waals surface area contributed by atoms with Crippen molar-refractivity contribution in [2.45, 2.75) is 19.4 Å². The number of nitrogens with one attached hydrogen (secondary N) is 1. The van der Waals surface area contributed by atoms with Gasteiger partial charge in [-0.3, -0.25) is 4.79 Å². The largest absolute Gasteiger partial charge is 0.478 e. The van der Waals surface area contributed by atoms with E-state index in [1.54, 1.807) is 4.90 Å². The Bertz CT molecular complexity index is 521. The molecule has 1 fully saturated rings. The van der Waals surface area contributed by atoms with E-state index < -0.39 is 12.0 Å². The molecule has 1 unspecified atom stereocenters. The summed E-state index contributed by atoms with van der Waals surface area (Å²) in [5, 5.41) is 12.2. The molecule has 0 spiro atoms. The Morgan fingerprint density at radius 1 is 1.63 bits per heavy atom. The van der Waals surface area contributed by atoms with E-state index in [0.29, 0.717) is 19.5 Å². The zero-order valence-electron chi connectivity index (χ0n) is 10.4. The van der Waals surface area contributed by atoms with Crippen LogP contribution in [0, 0.1) is 0 Å². The van der Waals surface area contributed by atoms with E-state index in [-0.39, 0.29) is 22.4 Å². The van der Waals surface area contributed by atoms with E-state index in [9.17, 15) is 14.7 Å². The van der Waals surface area contributed by atoms with Crippen molar-refractivity contribution in [2.24, 2.45) is 0 Å². The predicted octanol–water partition coefficient (Wildman–Crippen LogP) is 1.15. The molecule has 7 heteroatoms. The maximum Gasteiger partial charge on any atom is 0.339 e. The Balaban J connectivity index is 2.46. The van der Waals surface area contributed by atoms with Crippen LogP contribution in [-0.2, 0) is 4.79 Å². The number of aromatic nitrogens is 1. The van der Waals surface area contributed by atoms with Crippen molar-refractivity contribution in [3.8, 4) is 0 Å². The van der Waals surface area contributed by atoms with Crippen molar-refractivity contribution in [3.63, 3.8) is 0 Å². The Hall–Kier alpha value is -1.82. The van der Waals surface area contributed by atoms with E-state index in [0.717, 1.165) is 0 Å². The Morgan fingerprint density at radius 2 is 2.37 bits per heavy atom. The number of hydrogen-bond donors (Lipinski definition) is 2. The molecular formula is C12H14ClN3O3. The molecule has 0 bridgehead atoms. The molecule has 1 aliphatic heterocycles. The second kappa shape index (κ2) is 5.44. The highest BCUT2D eigenvalue weighted by Crippen LogP contribution is 2.25. The summed E-state index contributed by atoms with van der Waals surface area (Å²) in [7, 11) is 0. The van der Waals surface area contributed by atoms with Crippen molar-refractivity contribution in [1.82, 2.24) is 10.3 Å². The van der Waals surface area contributed by atoms with Crippen LogP contribution >= 0.6 is 11.6 Å². The van der Waals surface area contributed by atoms with Crippen LogP contribution < -0.4 is 10.2 Å². The Labute approximate surface area is 115 Å². The molecule has 2 N–H and O–H groups in total. The van der Waals surface area contributed by atoms with Gasteiger partial charge in [-0.15, -0.1) is 0 Å². The van der Waals surface area contributed by atoms with Gasteiger partial charge in [0.1, 0.15) is 22.6 Å². The molecule has 0 aromatic carbocycles. The van der Waals surface area contributed by atoms with Crippen LogP contribution in [0.3, 0.4) is 0 Å². The minimum atomic E-state index is -1.08. The minimum Gasteiger partial charge on any atom is -0.478 e. The van der Waals surface area contributed by atoms with Gasteiger partial charge in [-0.2, -0.15) is 0 Å². The van der Waals surface area contributed by atoms with Gasteiger partial charge in [-0.1, -0.05) is 18.5 Å². The number of nitrogens with zero attached hydrogens (tertiary/aromatic N) is 2. The van der Waals surface area contributed by atoms with Crippen molar-refractivity contribution >= 4 is 29.3 Å². The fourth-order valence-corrected chi connectivity index (χ4v) is 2.33. The maximum absolute atomic E-state index is 11.8. The summed E-state index contributed by atoms with van der Waals surface area (Å²) >= 11 is 5.84. The van der Waals surface area contributed by atoms with Crippen molar-refractivity contribution in [1.29, 1.82) is 0 Å². The smallest absolute Gasteiger partial charge is 0.339 e. The zero-order chi connectivity index (χ0) is 14.0. The van der Waals surface area contributed by atoms with Gasteiger partial charge in [0.05, 0.1) is 0 Å². The number of aromatic carboxylic acids is 1. The van der Waals surface area contributed by atoms with E-state index in [2.05, 4.69) is 10.3 Å². The molecule has 1 aromatic heterocycles. The Kier molecular flexibility index (Phi) is 3.90. The number of carbonyl (C=O) groups is 2. The van der Waals surface area contributed by atoms with E-state index >= 15 is 0 Å². The first-order valence-corrected chi connectivity index (χ1v) is 6.36. The fraction of sp³-hybridized carbons (Fsp3) is 0.417. The highest BCUT2D eigenvalue weighted by Gasteiger charge is 2.31. The molecule has 0 saturated carbocycles. The van der Waals surface area contributed by atoms with Crippen LogP contribution in [-0.4, -0.2) is 41.1 Å². The molecule has 2 rings (SSSR count). The van der Waals surface area contributed by atoms with Gasteiger partial charge in [0.25, 0.3) is 0 Å². The van der Waals surface area contributed by atoms with Gasteiger partial charge in [0.15, 0.2) is 0 Å². The molecule has 1 aromatic rings. The highest BCUT2D eigenvalue weighted by atomic mass is 35.5. The van der Waals surface area contributed by atoms with E-state index in [1.165, 1.54) is 12.1 Å². The van der Waals surface area contributed by atoms with Gasteiger partial charge < -0.3 is 15.3 Å². The van der Waals surface area contributed by atoms with Crippen LogP contribution in [0.15, 0.2) is 12.1 Å². The molecule has 19 heavy (non-hydrogen) atoms. The number of amides is 1. The van der Waals surface area contributed by atoms with Gasteiger partial charge in [0.2, 0.25) is 5.91 Å². The molecule has 6 nitrogen and oxygen atoms in total. The number of halogens is 1. The van der Waals surface area contributed by atoms with Crippen LogP contribution in [0.25, 0.3) is 0 Å². The standard InChI is InChI=1S/C12H14ClN3O3/c1-2-8-11(17)14-5-6-16(8)10-7(12(18)19)3-4-9(13)15-10/h3-4,8H,2,5-6H2,1H3,(H,14,17)(H,18,19). The number of rotatable bonds is 3. The van der Waals surface area contributed by atoms with Crippen molar-refractivity contribution in [2.75, 3.05) is 18.0 Å². The van der Waals surface area contributed by atoms with Gasteiger partial charge in [-0.05, 0) is 18.6 Å². The number of carbonyl (C=O) groups excluding carboxylic acids is 1. The van der Waals surface area contributed by atoms with Crippen molar-refractivity contribution < 1.29 is 14.7 Å². The number of carboxylic acids is 1. The number of hydrogen-bond acceptors (Lipinski definition) is 4. The van der Waals surface area contributed by atoms with E-state index in [4.69, 9.17) is 11.6 Å². The number of piperazine rings is 1. The molecule has 1 atom stereocenters. The topological polar surface area (TPSA) is 82.5 Å². The predicted molar refractivity (Wildman–Crippen MR) is 70.6 cm³/mol. The molecule has 0 aliphatic carbocycles. The zero-order valence-corrected chi connectivity index (χ0v) is 11.1. The first kappa shape index (κ1) is 13.6.